The van der Waals surface area contributed by atoms with E-state index in [1.165, 1.54) is 0 Å². The van der Waals surface area contributed by atoms with Crippen LogP contribution < -0.4 is 0 Å². The molecule has 3 rings (SSSR count). The first kappa shape index (κ1) is 26.5. The maximum Gasteiger partial charge on any atom is 0.320 e. The summed E-state index contributed by atoms with van der Waals surface area (Å²) in [5.74, 6) is -2.99. The van der Waals surface area contributed by atoms with Gasteiger partial charge in [0.05, 0.1) is 5.41 Å². The third kappa shape index (κ3) is 6.50. The van der Waals surface area contributed by atoms with Crippen molar-refractivity contribution in [1.82, 2.24) is 0 Å². The first-order chi connectivity index (χ1) is 16.3. The van der Waals surface area contributed by atoms with Crippen LogP contribution in [0.1, 0.15) is 71.9 Å². The molecule has 0 N–H and O–H groups in total. The minimum Gasteiger partial charge on any atom is -0.461 e. The number of carbonyl (C=O) groups excluding carboxylic acids is 3. The summed E-state index contributed by atoms with van der Waals surface area (Å²) < 4.78 is 17.2. The lowest BCUT2D eigenvalue weighted by atomic mass is 9.64. The Kier molecular flexibility index (Phi) is 7.73. The molecule has 1 heterocycles. The second-order valence-electron chi connectivity index (χ2n) is 11.0. The SMILES string of the molecule is CC(C)(C)OC(=O)C(CC1OC(=O)CCC1(c1ccccc1)c1ccccc1)C(=O)OC(C)(C)C. The fourth-order valence-electron chi connectivity index (χ4n) is 4.57. The average Bonchev–Trinajstić information content (AvgIpc) is 2.76. The maximum atomic E-state index is 13.3. The van der Waals surface area contributed by atoms with Gasteiger partial charge in [0, 0.05) is 12.8 Å². The Morgan fingerprint density at radius 1 is 0.857 bits per heavy atom. The molecule has 0 aliphatic carbocycles. The normalized spacial score (nSPS) is 18.0. The van der Waals surface area contributed by atoms with Crippen LogP contribution in [0.4, 0.5) is 0 Å². The van der Waals surface area contributed by atoms with E-state index in [0.717, 1.165) is 11.1 Å². The molecule has 2 aromatic carbocycles. The average molecular weight is 481 g/mol. The van der Waals surface area contributed by atoms with Crippen molar-refractivity contribution >= 4 is 17.9 Å². The van der Waals surface area contributed by atoms with E-state index in [1.54, 1.807) is 41.5 Å². The van der Waals surface area contributed by atoms with Gasteiger partial charge in [-0.15, -0.1) is 0 Å². The van der Waals surface area contributed by atoms with Crippen LogP contribution in [0.3, 0.4) is 0 Å². The zero-order valence-corrected chi connectivity index (χ0v) is 21.5. The van der Waals surface area contributed by atoms with E-state index >= 15 is 0 Å². The van der Waals surface area contributed by atoms with Crippen LogP contribution in [0.2, 0.25) is 0 Å². The number of benzene rings is 2. The Hall–Kier alpha value is -3.15. The summed E-state index contributed by atoms with van der Waals surface area (Å²) in [6, 6.07) is 19.6. The van der Waals surface area contributed by atoms with Crippen molar-refractivity contribution in [2.75, 3.05) is 0 Å². The van der Waals surface area contributed by atoms with Gasteiger partial charge < -0.3 is 14.2 Å². The van der Waals surface area contributed by atoms with E-state index < -0.39 is 40.6 Å². The number of hydrogen-bond acceptors (Lipinski definition) is 6. The molecule has 0 amide bonds. The van der Waals surface area contributed by atoms with Gasteiger partial charge >= 0.3 is 17.9 Å². The molecule has 1 aliphatic heterocycles. The first-order valence-electron chi connectivity index (χ1n) is 12.1. The molecule has 1 fully saturated rings. The van der Waals surface area contributed by atoms with Crippen LogP contribution in [0, 0.1) is 5.92 Å². The highest BCUT2D eigenvalue weighted by molar-refractivity contribution is 5.95. The third-order valence-corrected chi connectivity index (χ3v) is 5.96. The molecule has 1 atom stereocenters. The van der Waals surface area contributed by atoms with Crippen molar-refractivity contribution in [3.05, 3.63) is 71.8 Å². The summed E-state index contributed by atoms with van der Waals surface area (Å²) in [5, 5.41) is 0. The van der Waals surface area contributed by atoms with Crippen LogP contribution in [-0.2, 0) is 34.0 Å². The molecule has 2 aromatic rings. The molecule has 1 unspecified atom stereocenters. The number of cyclic esters (lactones) is 1. The highest BCUT2D eigenvalue weighted by atomic mass is 16.6. The van der Waals surface area contributed by atoms with Gasteiger partial charge in [-0.1, -0.05) is 60.7 Å². The lowest BCUT2D eigenvalue weighted by molar-refractivity contribution is -0.180. The fourth-order valence-corrected chi connectivity index (χ4v) is 4.57. The summed E-state index contributed by atoms with van der Waals surface area (Å²) in [6.07, 6.45) is -0.123. The molecule has 1 saturated heterocycles. The van der Waals surface area contributed by atoms with Gasteiger partial charge in [0.15, 0.2) is 5.92 Å². The number of rotatable bonds is 6. The van der Waals surface area contributed by atoms with E-state index in [0.29, 0.717) is 6.42 Å². The Balaban J connectivity index is 2.10. The van der Waals surface area contributed by atoms with Crippen LogP contribution in [0.15, 0.2) is 60.7 Å². The Morgan fingerprint density at radius 3 is 1.69 bits per heavy atom. The molecule has 6 heteroatoms. The highest BCUT2D eigenvalue weighted by Gasteiger charge is 2.50. The Bertz CT molecular complexity index is 963. The predicted molar refractivity (Wildman–Crippen MR) is 133 cm³/mol. The van der Waals surface area contributed by atoms with Crippen LogP contribution in [-0.4, -0.2) is 35.2 Å². The molecule has 0 spiro atoms. The number of ether oxygens (including phenoxy) is 3. The van der Waals surface area contributed by atoms with Gasteiger partial charge in [0.1, 0.15) is 17.3 Å². The fraction of sp³-hybridized carbons (Fsp3) is 0.483. The predicted octanol–water partition coefficient (Wildman–Crippen LogP) is 5.37. The van der Waals surface area contributed by atoms with Crippen molar-refractivity contribution in [3.63, 3.8) is 0 Å². The second kappa shape index (κ2) is 10.2. The Labute approximate surface area is 208 Å². The van der Waals surface area contributed by atoms with Gasteiger partial charge in [-0.2, -0.15) is 0 Å². The van der Waals surface area contributed by atoms with Gasteiger partial charge in [0.25, 0.3) is 0 Å². The molecule has 0 radical (unpaired) electrons. The topological polar surface area (TPSA) is 78.9 Å². The minimum atomic E-state index is -1.25. The first-order valence-corrected chi connectivity index (χ1v) is 12.1. The second-order valence-corrected chi connectivity index (χ2v) is 11.0. The van der Waals surface area contributed by atoms with E-state index in [2.05, 4.69) is 0 Å². The third-order valence-electron chi connectivity index (χ3n) is 5.96. The van der Waals surface area contributed by atoms with Crippen molar-refractivity contribution < 1.29 is 28.6 Å². The molecule has 1 aliphatic rings. The van der Waals surface area contributed by atoms with Gasteiger partial charge in [-0.25, -0.2) is 0 Å². The maximum absolute atomic E-state index is 13.3. The molecule has 188 valence electrons. The van der Waals surface area contributed by atoms with Crippen LogP contribution in [0.25, 0.3) is 0 Å². The molecule has 0 bridgehead atoms. The molecule has 6 nitrogen and oxygen atoms in total. The zero-order chi connectivity index (χ0) is 25.9. The number of carbonyl (C=O) groups is 3. The Morgan fingerprint density at radius 2 is 1.29 bits per heavy atom. The minimum absolute atomic E-state index is 0.0562. The summed E-state index contributed by atoms with van der Waals surface area (Å²) in [5.41, 5.74) is -0.419. The van der Waals surface area contributed by atoms with Crippen LogP contribution >= 0.6 is 0 Å². The van der Waals surface area contributed by atoms with E-state index in [4.69, 9.17) is 14.2 Å². The molecule has 0 saturated carbocycles. The highest BCUT2D eigenvalue weighted by Crippen LogP contribution is 2.46. The molecular formula is C29H36O6. The number of esters is 3. The summed E-state index contributed by atoms with van der Waals surface area (Å²) in [7, 11) is 0. The largest absolute Gasteiger partial charge is 0.461 e. The molecule has 0 aromatic heterocycles. The summed E-state index contributed by atoms with van der Waals surface area (Å²) in [6.45, 7) is 10.5. The van der Waals surface area contributed by atoms with Crippen molar-refractivity contribution in [2.45, 2.75) is 83.5 Å². The van der Waals surface area contributed by atoms with Gasteiger partial charge in [-0.05, 0) is 59.1 Å². The lowest BCUT2D eigenvalue weighted by Gasteiger charge is -2.45. The molecule has 35 heavy (non-hydrogen) atoms. The van der Waals surface area contributed by atoms with Gasteiger partial charge in [-0.3, -0.25) is 14.4 Å². The van der Waals surface area contributed by atoms with E-state index in [1.807, 2.05) is 60.7 Å². The van der Waals surface area contributed by atoms with Crippen molar-refractivity contribution in [1.29, 1.82) is 0 Å². The zero-order valence-electron chi connectivity index (χ0n) is 21.5. The van der Waals surface area contributed by atoms with Crippen molar-refractivity contribution in [3.8, 4) is 0 Å². The quantitative estimate of drug-likeness (QED) is 0.314. The summed E-state index contributed by atoms with van der Waals surface area (Å²) >= 11 is 0. The summed E-state index contributed by atoms with van der Waals surface area (Å²) in [4.78, 5) is 39.1. The van der Waals surface area contributed by atoms with Crippen molar-refractivity contribution in [2.24, 2.45) is 5.92 Å². The standard InChI is InChI=1S/C29H36O6/c1-27(2,3)34-25(31)22(26(32)35-28(4,5)6)19-23-29(18-17-24(30)33-23,20-13-9-7-10-14-20)21-15-11-8-12-16-21/h7-16,22-23H,17-19H2,1-6H3. The van der Waals surface area contributed by atoms with E-state index in [-0.39, 0.29) is 18.8 Å². The van der Waals surface area contributed by atoms with Gasteiger partial charge in [0.2, 0.25) is 0 Å². The van der Waals surface area contributed by atoms with E-state index in [9.17, 15) is 14.4 Å². The van der Waals surface area contributed by atoms with Crippen LogP contribution in [0.5, 0.6) is 0 Å². The smallest absolute Gasteiger partial charge is 0.320 e. The number of hydrogen-bond donors (Lipinski definition) is 0. The lowest BCUT2D eigenvalue weighted by Crippen LogP contribution is -2.50. The monoisotopic (exact) mass is 480 g/mol. The molecular weight excluding hydrogens is 444 g/mol.